The first-order chi connectivity index (χ1) is 12.1. The van der Waals surface area contributed by atoms with Crippen molar-refractivity contribution in [3.63, 3.8) is 0 Å². The van der Waals surface area contributed by atoms with Crippen molar-refractivity contribution in [3.8, 4) is 0 Å². The zero-order chi connectivity index (χ0) is 17.6. The van der Waals surface area contributed by atoms with Gasteiger partial charge >= 0.3 is 0 Å². The molecule has 3 aromatic rings. The molecule has 0 aliphatic rings. The summed E-state index contributed by atoms with van der Waals surface area (Å²) in [6, 6.07) is 16.0. The number of carbonyl (C=O) groups excluding carboxylic acids is 1. The summed E-state index contributed by atoms with van der Waals surface area (Å²) in [7, 11) is 2.00. The van der Waals surface area contributed by atoms with E-state index >= 15 is 0 Å². The maximum atomic E-state index is 12.1. The Morgan fingerprint density at radius 2 is 1.88 bits per heavy atom. The Labute approximate surface area is 152 Å². The van der Waals surface area contributed by atoms with Crippen LogP contribution < -0.4 is 10.2 Å². The van der Waals surface area contributed by atoms with Gasteiger partial charge in [0, 0.05) is 34.2 Å². The van der Waals surface area contributed by atoms with Gasteiger partial charge in [-0.2, -0.15) is 0 Å². The molecule has 3 N–H and O–H groups in total. The van der Waals surface area contributed by atoms with Crippen LogP contribution in [0.25, 0.3) is 10.9 Å². The molecule has 0 aliphatic heterocycles. The van der Waals surface area contributed by atoms with Crippen LogP contribution in [-0.2, 0) is 17.8 Å². The number of hydrogen-bond donors (Lipinski definition) is 3. The largest absolute Gasteiger partial charge is 0.361 e. The second kappa shape index (κ2) is 8.19. The number of nitrogens with one attached hydrogen (secondary N) is 3. The predicted octanol–water partition coefficient (Wildman–Crippen LogP) is 2.19. The lowest BCUT2D eigenvalue weighted by molar-refractivity contribution is -0.885. The van der Waals surface area contributed by atoms with E-state index in [4.69, 9.17) is 11.6 Å². The third kappa shape index (κ3) is 4.62. The van der Waals surface area contributed by atoms with Gasteiger partial charge < -0.3 is 15.2 Å². The van der Waals surface area contributed by atoms with Crippen molar-refractivity contribution < 1.29 is 9.69 Å². The number of aromatic amines is 1. The van der Waals surface area contributed by atoms with Crippen LogP contribution in [0.1, 0.15) is 11.1 Å². The lowest BCUT2D eigenvalue weighted by Crippen LogP contribution is -3.08. The van der Waals surface area contributed by atoms with Crippen molar-refractivity contribution in [2.75, 3.05) is 20.1 Å². The number of hydrogen-bond acceptors (Lipinski definition) is 1. The molecule has 1 unspecified atom stereocenters. The lowest BCUT2D eigenvalue weighted by atomic mass is 10.1. The zero-order valence-electron chi connectivity index (χ0n) is 14.3. The number of aromatic nitrogens is 1. The van der Waals surface area contributed by atoms with Gasteiger partial charge in [-0.15, -0.1) is 0 Å². The van der Waals surface area contributed by atoms with Gasteiger partial charge in [0.25, 0.3) is 5.91 Å². The minimum atomic E-state index is 0.0596. The van der Waals surface area contributed by atoms with Crippen LogP contribution in [0.3, 0.4) is 0 Å². The number of halogens is 1. The van der Waals surface area contributed by atoms with Crippen molar-refractivity contribution in [1.29, 1.82) is 0 Å². The first-order valence-electron chi connectivity index (χ1n) is 8.50. The van der Waals surface area contributed by atoms with Crippen molar-refractivity contribution in [1.82, 2.24) is 10.3 Å². The molecule has 0 radical (unpaired) electrons. The number of carbonyl (C=O) groups is 1. The second-order valence-corrected chi connectivity index (χ2v) is 6.77. The maximum absolute atomic E-state index is 12.1. The fourth-order valence-corrected chi connectivity index (χ4v) is 3.24. The van der Waals surface area contributed by atoms with E-state index in [1.54, 1.807) is 0 Å². The summed E-state index contributed by atoms with van der Waals surface area (Å²) in [4.78, 5) is 16.5. The molecular weight excluding hydrogens is 334 g/mol. The average molecular weight is 357 g/mol. The van der Waals surface area contributed by atoms with E-state index in [-0.39, 0.29) is 5.91 Å². The monoisotopic (exact) mass is 356 g/mol. The van der Waals surface area contributed by atoms with Crippen LogP contribution in [0.5, 0.6) is 0 Å². The van der Waals surface area contributed by atoms with Crippen LogP contribution in [0.2, 0.25) is 5.02 Å². The molecule has 0 fully saturated rings. The van der Waals surface area contributed by atoms with Gasteiger partial charge in [-0.3, -0.25) is 4.79 Å². The van der Waals surface area contributed by atoms with Crippen molar-refractivity contribution in [2.45, 2.75) is 13.0 Å². The third-order valence-electron chi connectivity index (χ3n) is 4.30. The first kappa shape index (κ1) is 17.5. The highest BCUT2D eigenvalue weighted by Gasteiger charge is 2.12. The maximum Gasteiger partial charge on any atom is 0.275 e. The van der Waals surface area contributed by atoms with Crippen molar-refractivity contribution in [2.24, 2.45) is 0 Å². The molecule has 0 bridgehead atoms. The first-order valence-corrected chi connectivity index (χ1v) is 8.87. The smallest absolute Gasteiger partial charge is 0.275 e. The fraction of sp³-hybridized carbons (Fsp3) is 0.250. The molecule has 25 heavy (non-hydrogen) atoms. The molecule has 3 rings (SSSR count). The summed E-state index contributed by atoms with van der Waals surface area (Å²) in [5.41, 5.74) is 3.42. The quantitative estimate of drug-likeness (QED) is 0.597. The highest BCUT2D eigenvalue weighted by molar-refractivity contribution is 6.31. The average Bonchev–Trinajstić information content (AvgIpc) is 3.00. The van der Waals surface area contributed by atoms with Gasteiger partial charge in [-0.1, -0.05) is 48.0 Å². The molecule has 130 valence electrons. The normalized spacial score (nSPS) is 12.2. The lowest BCUT2D eigenvalue weighted by Gasteiger charge is -2.14. The SMILES string of the molecule is C[NH+](CC(=O)NCCc1c[nH]c2ccccc12)Cc1ccccc1Cl. The summed E-state index contributed by atoms with van der Waals surface area (Å²) < 4.78 is 0. The predicted molar refractivity (Wildman–Crippen MR) is 102 cm³/mol. The molecule has 0 saturated carbocycles. The van der Waals surface area contributed by atoms with E-state index in [2.05, 4.69) is 22.4 Å². The van der Waals surface area contributed by atoms with E-state index < -0.39 is 0 Å². The summed E-state index contributed by atoms with van der Waals surface area (Å²) in [5, 5.41) is 4.98. The second-order valence-electron chi connectivity index (χ2n) is 6.36. The molecule has 1 amide bonds. The Morgan fingerprint density at radius 3 is 2.72 bits per heavy atom. The molecule has 1 heterocycles. The zero-order valence-corrected chi connectivity index (χ0v) is 15.1. The van der Waals surface area contributed by atoms with E-state index in [9.17, 15) is 4.79 Å². The number of amides is 1. The van der Waals surface area contributed by atoms with Crippen LogP contribution in [0.15, 0.2) is 54.7 Å². The van der Waals surface area contributed by atoms with Gasteiger partial charge in [0.2, 0.25) is 0 Å². The molecule has 0 spiro atoms. The van der Waals surface area contributed by atoms with E-state index in [1.165, 1.54) is 10.9 Å². The third-order valence-corrected chi connectivity index (χ3v) is 4.67. The Balaban J connectivity index is 1.46. The Bertz CT molecular complexity index is 859. The number of fused-ring (bicyclic) bond motifs is 1. The standard InChI is InChI=1S/C20H22ClN3O/c1-24(13-16-6-2-4-8-18(16)21)14-20(25)22-11-10-15-12-23-19-9-5-3-7-17(15)19/h2-9,12,23H,10-11,13-14H2,1H3,(H,22,25)/p+1. The molecule has 2 aromatic carbocycles. The highest BCUT2D eigenvalue weighted by Crippen LogP contribution is 2.17. The molecule has 1 atom stereocenters. The summed E-state index contributed by atoms with van der Waals surface area (Å²) in [6.45, 7) is 1.80. The van der Waals surface area contributed by atoms with Crippen LogP contribution >= 0.6 is 11.6 Å². The summed E-state index contributed by atoms with van der Waals surface area (Å²) in [5.74, 6) is 0.0596. The van der Waals surface area contributed by atoms with Gasteiger partial charge in [0.15, 0.2) is 6.54 Å². The minimum Gasteiger partial charge on any atom is -0.361 e. The fourth-order valence-electron chi connectivity index (χ4n) is 3.04. The van der Waals surface area contributed by atoms with Crippen LogP contribution in [0.4, 0.5) is 0 Å². The van der Waals surface area contributed by atoms with E-state index in [0.29, 0.717) is 13.1 Å². The van der Waals surface area contributed by atoms with E-state index in [1.807, 2.05) is 49.6 Å². The van der Waals surface area contributed by atoms with Gasteiger partial charge in [0.05, 0.1) is 7.05 Å². The van der Waals surface area contributed by atoms with E-state index in [0.717, 1.165) is 34.0 Å². The number of H-pyrrole nitrogens is 1. The van der Waals surface area contributed by atoms with Gasteiger partial charge in [-0.25, -0.2) is 0 Å². The molecule has 1 aromatic heterocycles. The summed E-state index contributed by atoms with van der Waals surface area (Å²) in [6.07, 6.45) is 2.84. The summed E-state index contributed by atoms with van der Waals surface area (Å²) >= 11 is 6.18. The molecular formula is C20H23ClN3O+. The number of rotatable bonds is 7. The molecule has 4 nitrogen and oxygen atoms in total. The Kier molecular flexibility index (Phi) is 5.74. The van der Waals surface area contributed by atoms with Gasteiger partial charge in [0.1, 0.15) is 6.54 Å². The Hall–Kier alpha value is -2.30. The molecule has 0 saturated heterocycles. The topological polar surface area (TPSA) is 49.3 Å². The van der Waals surface area contributed by atoms with Crippen molar-refractivity contribution in [3.05, 3.63) is 70.9 Å². The highest BCUT2D eigenvalue weighted by atomic mass is 35.5. The molecule has 5 heteroatoms. The van der Waals surface area contributed by atoms with Gasteiger partial charge in [-0.05, 0) is 24.1 Å². The van der Waals surface area contributed by atoms with Crippen LogP contribution in [0, 0.1) is 0 Å². The number of benzene rings is 2. The minimum absolute atomic E-state index is 0.0596. The number of quaternary nitrogens is 1. The number of likely N-dealkylation sites (N-methyl/N-ethyl adjacent to an activating group) is 1. The Morgan fingerprint density at radius 1 is 1.12 bits per heavy atom. The molecule has 0 aliphatic carbocycles. The number of para-hydroxylation sites is 1. The van der Waals surface area contributed by atoms with Crippen molar-refractivity contribution >= 4 is 28.4 Å². The van der Waals surface area contributed by atoms with Crippen LogP contribution in [-0.4, -0.2) is 31.0 Å².